The first-order valence-corrected chi connectivity index (χ1v) is 8.34. The average molecular weight is 289 g/mol. The van der Waals surface area contributed by atoms with Gasteiger partial charge in [0.25, 0.3) is 0 Å². The molecule has 21 heavy (non-hydrogen) atoms. The first-order valence-electron chi connectivity index (χ1n) is 8.34. The molecule has 116 valence electrons. The molecule has 0 aromatic carbocycles. The lowest BCUT2D eigenvalue weighted by molar-refractivity contribution is 0.187. The summed E-state index contributed by atoms with van der Waals surface area (Å²) in [6, 6.07) is 0.843. The Labute approximate surface area is 127 Å². The predicted molar refractivity (Wildman–Crippen MR) is 87.0 cm³/mol. The minimum Gasteiger partial charge on any atom is -0.354 e. The molecule has 0 atom stereocenters. The van der Waals surface area contributed by atoms with Gasteiger partial charge < -0.3 is 10.2 Å². The van der Waals surface area contributed by atoms with Crippen LogP contribution in [0.3, 0.4) is 0 Å². The molecule has 1 aromatic rings. The fraction of sp³-hybridized carbons (Fsp3) is 0.750. The highest BCUT2D eigenvalue weighted by Gasteiger charge is 2.27. The van der Waals surface area contributed by atoms with E-state index in [4.69, 9.17) is 4.98 Å². The van der Waals surface area contributed by atoms with Crippen LogP contribution in [0.1, 0.15) is 38.2 Å². The predicted octanol–water partition coefficient (Wildman–Crippen LogP) is 2.28. The molecule has 2 heterocycles. The van der Waals surface area contributed by atoms with Crippen LogP contribution in [0.15, 0.2) is 6.20 Å². The number of hydrogen-bond acceptors (Lipinski definition) is 5. The average Bonchev–Trinajstić information content (AvgIpc) is 3.04. The van der Waals surface area contributed by atoms with Crippen molar-refractivity contribution in [3.8, 4) is 0 Å². The summed E-state index contributed by atoms with van der Waals surface area (Å²) in [7, 11) is 0. The molecule has 0 radical (unpaired) electrons. The molecule has 5 heteroatoms. The van der Waals surface area contributed by atoms with Crippen LogP contribution in [0.25, 0.3) is 0 Å². The molecule has 1 N–H and O–H groups in total. The maximum atomic E-state index is 4.69. The Hall–Kier alpha value is -1.36. The summed E-state index contributed by atoms with van der Waals surface area (Å²) in [5, 5.41) is 3.21. The van der Waals surface area contributed by atoms with Crippen molar-refractivity contribution in [1.82, 2.24) is 14.9 Å². The fourth-order valence-corrected chi connectivity index (χ4v) is 3.56. The number of aryl methyl sites for hydroxylation is 1. The third-order valence-corrected chi connectivity index (χ3v) is 4.73. The molecule has 0 amide bonds. The van der Waals surface area contributed by atoms with Crippen molar-refractivity contribution in [3.63, 3.8) is 0 Å². The number of aromatic nitrogens is 2. The van der Waals surface area contributed by atoms with Gasteiger partial charge in [0.05, 0.1) is 0 Å². The monoisotopic (exact) mass is 289 g/mol. The Morgan fingerprint density at radius 2 is 1.90 bits per heavy atom. The van der Waals surface area contributed by atoms with Crippen LogP contribution in [-0.4, -0.2) is 53.6 Å². The number of hydrogen-bond donors (Lipinski definition) is 1. The molecule has 2 fully saturated rings. The summed E-state index contributed by atoms with van der Waals surface area (Å²) in [6.07, 6.45) is 7.57. The van der Waals surface area contributed by atoms with Gasteiger partial charge >= 0.3 is 0 Å². The Morgan fingerprint density at radius 1 is 1.19 bits per heavy atom. The second kappa shape index (κ2) is 6.60. The molecule has 0 spiro atoms. The molecular formula is C16H27N5. The summed E-state index contributed by atoms with van der Waals surface area (Å²) in [5.74, 6) is 1.85. The molecule has 5 nitrogen and oxygen atoms in total. The third-order valence-electron chi connectivity index (χ3n) is 4.73. The standard InChI is InChI=1S/C16H27N5/c1-3-17-16-18-12-13(2)15(19-16)21-10-8-20(9-11-21)14-6-4-5-7-14/h12,14H,3-11H2,1-2H3,(H,17,18,19). The normalized spacial score (nSPS) is 21.0. The van der Waals surface area contributed by atoms with Gasteiger partial charge in [-0.05, 0) is 26.7 Å². The highest BCUT2D eigenvalue weighted by Crippen LogP contribution is 2.26. The summed E-state index contributed by atoms with van der Waals surface area (Å²) in [5.41, 5.74) is 1.17. The lowest BCUT2D eigenvalue weighted by Gasteiger charge is -2.39. The van der Waals surface area contributed by atoms with E-state index in [2.05, 4.69) is 33.9 Å². The van der Waals surface area contributed by atoms with Crippen molar-refractivity contribution in [2.45, 2.75) is 45.6 Å². The molecule has 2 aliphatic rings. The van der Waals surface area contributed by atoms with E-state index in [1.165, 1.54) is 44.3 Å². The van der Waals surface area contributed by atoms with E-state index in [0.29, 0.717) is 0 Å². The largest absolute Gasteiger partial charge is 0.354 e. The van der Waals surface area contributed by atoms with Crippen molar-refractivity contribution in [3.05, 3.63) is 11.8 Å². The molecular weight excluding hydrogens is 262 g/mol. The van der Waals surface area contributed by atoms with Crippen molar-refractivity contribution in [2.24, 2.45) is 0 Å². The number of rotatable bonds is 4. The van der Waals surface area contributed by atoms with Crippen molar-refractivity contribution >= 4 is 11.8 Å². The van der Waals surface area contributed by atoms with Crippen molar-refractivity contribution in [2.75, 3.05) is 42.9 Å². The zero-order valence-corrected chi connectivity index (χ0v) is 13.3. The third kappa shape index (κ3) is 3.28. The van der Waals surface area contributed by atoms with E-state index in [1.807, 2.05) is 6.20 Å². The fourth-order valence-electron chi connectivity index (χ4n) is 3.56. The Balaban J connectivity index is 1.64. The van der Waals surface area contributed by atoms with Gasteiger partial charge in [0.1, 0.15) is 5.82 Å². The molecule has 1 saturated carbocycles. The highest BCUT2D eigenvalue weighted by molar-refractivity contribution is 5.49. The van der Waals surface area contributed by atoms with Gasteiger partial charge in [-0.15, -0.1) is 0 Å². The second-order valence-electron chi connectivity index (χ2n) is 6.19. The first-order chi connectivity index (χ1) is 10.3. The summed E-state index contributed by atoms with van der Waals surface area (Å²) >= 11 is 0. The van der Waals surface area contributed by atoms with E-state index >= 15 is 0 Å². The maximum Gasteiger partial charge on any atom is 0.224 e. The van der Waals surface area contributed by atoms with Gasteiger partial charge in [-0.2, -0.15) is 4.98 Å². The first kappa shape index (κ1) is 14.6. The van der Waals surface area contributed by atoms with E-state index in [1.54, 1.807) is 0 Å². The second-order valence-corrected chi connectivity index (χ2v) is 6.19. The van der Waals surface area contributed by atoms with E-state index in [9.17, 15) is 0 Å². The lowest BCUT2D eigenvalue weighted by atomic mass is 10.1. The Morgan fingerprint density at radius 3 is 2.57 bits per heavy atom. The van der Waals surface area contributed by atoms with Crippen LogP contribution in [0.5, 0.6) is 0 Å². The number of nitrogens with zero attached hydrogens (tertiary/aromatic N) is 4. The summed E-state index contributed by atoms with van der Waals surface area (Å²) in [4.78, 5) is 14.1. The molecule has 1 aliphatic carbocycles. The smallest absolute Gasteiger partial charge is 0.224 e. The Bertz CT molecular complexity index is 462. The van der Waals surface area contributed by atoms with Crippen molar-refractivity contribution in [1.29, 1.82) is 0 Å². The van der Waals surface area contributed by atoms with Gasteiger partial charge in [-0.25, -0.2) is 4.98 Å². The van der Waals surface area contributed by atoms with E-state index in [0.717, 1.165) is 37.4 Å². The van der Waals surface area contributed by atoms with Crippen LogP contribution in [0, 0.1) is 6.92 Å². The molecule has 1 aliphatic heterocycles. The van der Waals surface area contributed by atoms with Gasteiger partial charge in [-0.3, -0.25) is 4.90 Å². The number of anilines is 2. The van der Waals surface area contributed by atoms with Gasteiger partial charge in [0.15, 0.2) is 0 Å². The molecule has 3 rings (SSSR count). The van der Waals surface area contributed by atoms with Gasteiger partial charge in [0.2, 0.25) is 5.95 Å². The quantitative estimate of drug-likeness (QED) is 0.921. The topological polar surface area (TPSA) is 44.3 Å². The Kier molecular flexibility index (Phi) is 4.58. The van der Waals surface area contributed by atoms with Crippen molar-refractivity contribution < 1.29 is 0 Å². The summed E-state index contributed by atoms with van der Waals surface area (Å²) < 4.78 is 0. The highest BCUT2D eigenvalue weighted by atomic mass is 15.3. The summed E-state index contributed by atoms with van der Waals surface area (Å²) in [6.45, 7) is 9.55. The molecule has 0 unspecified atom stereocenters. The maximum absolute atomic E-state index is 4.69. The molecule has 1 saturated heterocycles. The lowest BCUT2D eigenvalue weighted by Crippen LogP contribution is -2.50. The van der Waals surface area contributed by atoms with E-state index < -0.39 is 0 Å². The minimum absolute atomic E-state index is 0.747. The minimum atomic E-state index is 0.747. The van der Waals surface area contributed by atoms with Crippen LogP contribution < -0.4 is 10.2 Å². The van der Waals surface area contributed by atoms with Crippen LogP contribution in [-0.2, 0) is 0 Å². The van der Waals surface area contributed by atoms with Gasteiger partial charge in [-0.1, -0.05) is 12.8 Å². The molecule has 0 bridgehead atoms. The van der Waals surface area contributed by atoms with Crippen LogP contribution in [0.2, 0.25) is 0 Å². The number of piperazine rings is 1. The number of nitrogens with one attached hydrogen (secondary N) is 1. The zero-order chi connectivity index (χ0) is 14.7. The van der Waals surface area contributed by atoms with Crippen LogP contribution in [0.4, 0.5) is 11.8 Å². The van der Waals surface area contributed by atoms with Gasteiger partial charge in [0, 0.05) is 50.5 Å². The SMILES string of the molecule is CCNc1ncc(C)c(N2CCN(C3CCCC3)CC2)n1. The zero-order valence-electron chi connectivity index (χ0n) is 13.3. The van der Waals surface area contributed by atoms with E-state index in [-0.39, 0.29) is 0 Å². The van der Waals surface area contributed by atoms with Crippen LogP contribution >= 0.6 is 0 Å². The molecule has 1 aromatic heterocycles.